The Morgan fingerprint density at radius 3 is 2.49 bits per heavy atom. The summed E-state index contributed by atoms with van der Waals surface area (Å²) in [7, 11) is 1.65. The van der Waals surface area contributed by atoms with Crippen LogP contribution in [0.1, 0.15) is 26.3 Å². The van der Waals surface area contributed by atoms with E-state index in [9.17, 15) is 14.7 Å². The fourth-order valence-corrected chi connectivity index (χ4v) is 5.78. The van der Waals surface area contributed by atoms with Gasteiger partial charge in [-0.3, -0.25) is 4.79 Å². The molecule has 1 saturated heterocycles. The minimum Gasteiger partial charge on any atom is -0.495 e. The number of piperazine rings is 1. The number of methoxy groups -OCH3 is 1. The zero-order valence-corrected chi connectivity index (χ0v) is 21.7. The number of hydrogen-bond acceptors (Lipinski definition) is 7. The molecule has 2 aromatic heterocycles. The summed E-state index contributed by atoms with van der Waals surface area (Å²) in [5.41, 5.74) is 3.11. The number of anilines is 2. The van der Waals surface area contributed by atoms with E-state index < -0.39 is 5.97 Å². The van der Waals surface area contributed by atoms with Gasteiger partial charge in [-0.1, -0.05) is 54.1 Å². The highest BCUT2D eigenvalue weighted by Crippen LogP contribution is 2.38. The van der Waals surface area contributed by atoms with Crippen molar-refractivity contribution in [2.24, 2.45) is 0 Å². The number of para-hydroxylation sites is 2. The molecule has 2 aromatic carbocycles. The molecule has 0 radical (unpaired) electrons. The van der Waals surface area contributed by atoms with Crippen LogP contribution in [0, 0.1) is 0 Å². The second-order valence-corrected chi connectivity index (χ2v) is 9.81. The summed E-state index contributed by atoms with van der Waals surface area (Å²) in [6, 6.07) is 17.6. The maximum Gasteiger partial charge on any atom is 0.338 e. The Bertz CT molecular complexity index is 1450. The molecule has 2 N–H and O–H groups in total. The largest absolute Gasteiger partial charge is 0.495 e. The molecule has 0 atom stereocenters. The van der Waals surface area contributed by atoms with E-state index in [1.807, 2.05) is 54.6 Å². The fourth-order valence-electron chi connectivity index (χ4n) is 4.51. The molecule has 8 nitrogen and oxygen atoms in total. The van der Waals surface area contributed by atoms with Crippen molar-refractivity contribution in [3.63, 3.8) is 0 Å². The number of benzene rings is 2. The SMILES string of the molecule is COc1ccccc1N1CCN(C(=O)c2c(Cl)nc3c(C(=O)O)csc3c2NCc2ccccc2)CC1. The third-order valence-corrected chi connectivity index (χ3v) is 7.67. The van der Waals surface area contributed by atoms with E-state index in [1.54, 1.807) is 12.0 Å². The van der Waals surface area contributed by atoms with Gasteiger partial charge in [-0.25, -0.2) is 9.78 Å². The van der Waals surface area contributed by atoms with E-state index in [0.29, 0.717) is 43.1 Å². The number of rotatable bonds is 7. The van der Waals surface area contributed by atoms with Crippen molar-refractivity contribution in [3.8, 4) is 5.75 Å². The fraction of sp³-hybridized carbons (Fsp3) is 0.222. The summed E-state index contributed by atoms with van der Waals surface area (Å²) in [6.45, 7) is 2.70. The van der Waals surface area contributed by atoms with Crippen molar-refractivity contribution in [1.29, 1.82) is 0 Å². The van der Waals surface area contributed by atoms with Gasteiger partial charge in [0, 0.05) is 38.1 Å². The van der Waals surface area contributed by atoms with E-state index in [1.165, 1.54) is 16.7 Å². The van der Waals surface area contributed by atoms with Crippen LogP contribution in [0.4, 0.5) is 11.4 Å². The summed E-state index contributed by atoms with van der Waals surface area (Å²) in [6.07, 6.45) is 0. The number of aromatic carboxylic acids is 1. The van der Waals surface area contributed by atoms with Crippen molar-refractivity contribution >= 4 is 56.4 Å². The first-order valence-electron chi connectivity index (χ1n) is 11.8. The standard InChI is InChI=1S/C27H25ClN4O4S/c1-36-20-10-6-5-9-19(20)31-11-13-32(14-12-31)26(33)21-23(29-15-17-7-3-2-4-8-17)24-22(30-25(21)28)18(16-37-24)27(34)35/h2-10,16H,11-15H2,1H3,(H,29,30)(H,34,35). The van der Waals surface area contributed by atoms with Crippen molar-refractivity contribution in [1.82, 2.24) is 9.88 Å². The number of halogens is 1. The summed E-state index contributed by atoms with van der Waals surface area (Å²) < 4.78 is 6.09. The number of hydrogen-bond donors (Lipinski definition) is 2. The van der Waals surface area contributed by atoms with Crippen molar-refractivity contribution in [3.05, 3.63) is 81.8 Å². The van der Waals surface area contributed by atoms with Crippen LogP contribution in [-0.2, 0) is 6.54 Å². The van der Waals surface area contributed by atoms with E-state index in [0.717, 1.165) is 17.0 Å². The average Bonchev–Trinajstić information content (AvgIpc) is 3.35. The lowest BCUT2D eigenvalue weighted by atomic mass is 10.1. The second kappa shape index (κ2) is 10.7. The molecule has 1 fully saturated rings. The number of aromatic nitrogens is 1. The number of nitrogens with one attached hydrogen (secondary N) is 1. The molecule has 0 aliphatic carbocycles. The molecule has 0 saturated carbocycles. The Morgan fingerprint density at radius 2 is 1.78 bits per heavy atom. The monoisotopic (exact) mass is 536 g/mol. The molecule has 4 aromatic rings. The third kappa shape index (κ3) is 4.92. The maximum absolute atomic E-state index is 13.8. The average molecular weight is 537 g/mol. The number of carbonyl (C=O) groups is 2. The predicted molar refractivity (Wildman–Crippen MR) is 146 cm³/mol. The molecule has 190 valence electrons. The molecule has 3 heterocycles. The van der Waals surface area contributed by atoms with Crippen LogP contribution < -0.4 is 15.0 Å². The lowest BCUT2D eigenvalue weighted by molar-refractivity contribution is 0.0698. The summed E-state index contributed by atoms with van der Waals surface area (Å²) in [5.74, 6) is -0.533. The summed E-state index contributed by atoms with van der Waals surface area (Å²) >= 11 is 7.82. The predicted octanol–water partition coefficient (Wildman–Crippen LogP) is 5.23. The normalized spacial score (nSPS) is 13.6. The minimum atomic E-state index is -1.09. The smallest absolute Gasteiger partial charge is 0.338 e. The van der Waals surface area contributed by atoms with Gasteiger partial charge < -0.3 is 25.0 Å². The van der Waals surface area contributed by atoms with Gasteiger partial charge in [0.25, 0.3) is 5.91 Å². The molecule has 0 unspecified atom stereocenters. The molecule has 5 rings (SSSR count). The van der Waals surface area contributed by atoms with Crippen LogP contribution in [0.25, 0.3) is 10.2 Å². The number of ether oxygens (including phenoxy) is 1. The van der Waals surface area contributed by atoms with Crippen LogP contribution in [0.3, 0.4) is 0 Å². The third-order valence-electron chi connectivity index (χ3n) is 6.41. The summed E-state index contributed by atoms with van der Waals surface area (Å²) in [4.78, 5) is 33.9. The molecule has 1 aliphatic heterocycles. The molecule has 0 bridgehead atoms. The van der Waals surface area contributed by atoms with Gasteiger partial charge in [0.05, 0.1) is 34.3 Å². The lowest BCUT2D eigenvalue weighted by Gasteiger charge is -2.37. The van der Waals surface area contributed by atoms with Crippen LogP contribution >= 0.6 is 22.9 Å². The van der Waals surface area contributed by atoms with Gasteiger partial charge in [-0.15, -0.1) is 11.3 Å². The number of carboxylic acids is 1. The lowest BCUT2D eigenvalue weighted by Crippen LogP contribution is -2.49. The van der Waals surface area contributed by atoms with Gasteiger partial charge in [-0.05, 0) is 17.7 Å². The number of nitrogens with zero attached hydrogens (tertiary/aromatic N) is 3. The Morgan fingerprint density at radius 1 is 1.08 bits per heavy atom. The summed E-state index contributed by atoms with van der Waals surface area (Å²) in [5, 5.41) is 14.5. The zero-order chi connectivity index (χ0) is 25.9. The molecule has 10 heteroatoms. The van der Waals surface area contributed by atoms with E-state index in [-0.39, 0.29) is 27.7 Å². The Labute approximate surface area is 223 Å². The maximum atomic E-state index is 13.8. The number of fused-ring (bicyclic) bond motifs is 1. The Kier molecular flexibility index (Phi) is 7.16. The van der Waals surface area contributed by atoms with Crippen molar-refractivity contribution in [2.45, 2.75) is 6.54 Å². The number of pyridine rings is 1. The highest BCUT2D eigenvalue weighted by Gasteiger charge is 2.30. The topological polar surface area (TPSA) is 95.0 Å². The zero-order valence-electron chi connectivity index (χ0n) is 20.1. The van der Waals surface area contributed by atoms with Crippen LogP contribution in [0.15, 0.2) is 60.0 Å². The number of carbonyl (C=O) groups excluding carboxylic acids is 1. The number of thiophene rings is 1. The van der Waals surface area contributed by atoms with Crippen LogP contribution in [-0.4, -0.2) is 60.2 Å². The van der Waals surface area contributed by atoms with Gasteiger partial charge in [0.15, 0.2) is 0 Å². The molecule has 1 amide bonds. The molecule has 0 spiro atoms. The first-order chi connectivity index (χ1) is 18.0. The first kappa shape index (κ1) is 24.9. The van der Waals surface area contributed by atoms with Crippen molar-refractivity contribution in [2.75, 3.05) is 43.5 Å². The Balaban J connectivity index is 1.45. The minimum absolute atomic E-state index is 0.0129. The van der Waals surface area contributed by atoms with Crippen LogP contribution in [0.2, 0.25) is 5.15 Å². The molecule has 37 heavy (non-hydrogen) atoms. The van der Waals surface area contributed by atoms with Gasteiger partial charge >= 0.3 is 5.97 Å². The van der Waals surface area contributed by atoms with Gasteiger partial charge in [-0.2, -0.15) is 0 Å². The van der Waals surface area contributed by atoms with Gasteiger partial charge in [0.2, 0.25) is 0 Å². The van der Waals surface area contributed by atoms with Gasteiger partial charge in [0.1, 0.15) is 16.5 Å². The van der Waals surface area contributed by atoms with E-state index in [2.05, 4.69) is 15.2 Å². The quantitative estimate of drug-likeness (QED) is 0.312. The number of amides is 1. The van der Waals surface area contributed by atoms with Crippen molar-refractivity contribution < 1.29 is 19.4 Å². The first-order valence-corrected chi connectivity index (χ1v) is 13.0. The highest BCUT2D eigenvalue weighted by atomic mass is 35.5. The molecular formula is C27H25ClN4O4S. The highest BCUT2D eigenvalue weighted by molar-refractivity contribution is 7.18. The molecule has 1 aliphatic rings. The van der Waals surface area contributed by atoms with E-state index in [4.69, 9.17) is 16.3 Å². The van der Waals surface area contributed by atoms with Crippen LogP contribution in [0.5, 0.6) is 5.75 Å². The second-order valence-electron chi connectivity index (χ2n) is 8.58. The van der Waals surface area contributed by atoms with E-state index >= 15 is 0 Å². The molecular weight excluding hydrogens is 512 g/mol. The Hall–Kier alpha value is -3.82. The number of carboxylic acid groups (broad SMARTS) is 1.